The molecule has 1 aromatic rings. The zero-order chi connectivity index (χ0) is 13.3. The summed E-state index contributed by atoms with van der Waals surface area (Å²) in [6.45, 7) is 2.06. The first-order valence-electron chi connectivity index (χ1n) is 5.53. The first kappa shape index (κ1) is 12.8. The molecule has 0 aromatic heterocycles. The number of hydrogen-bond donors (Lipinski definition) is 0. The van der Waals surface area contributed by atoms with Crippen molar-refractivity contribution in [3.8, 4) is 0 Å². The highest BCUT2D eigenvalue weighted by Crippen LogP contribution is 2.49. The third kappa shape index (κ3) is 2.45. The highest BCUT2D eigenvalue weighted by molar-refractivity contribution is 8.00. The van der Waals surface area contributed by atoms with Gasteiger partial charge in [0.2, 0.25) is 0 Å². The van der Waals surface area contributed by atoms with Gasteiger partial charge >= 0.3 is 0 Å². The molecule has 0 saturated heterocycles. The van der Waals surface area contributed by atoms with E-state index in [4.69, 9.17) is 0 Å². The lowest BCUT2D eigenvalue weighted by Gasteiger charge is -2.37. The van der Waals surface area contributed by atoms with E-state index in [1.807, 2.05) is 0 Å². The highest BCUT2D eigenvalue weighted by Gasteiger charge is 2.35. The molecule has 6 nitrogen and oxygen atoms in total. The van der Waals surface area contributed by atoms with Crippen LogP contribution < -0.4 is 0 Å². The number of benzene rings is 1. The minimum atomic E-state index is -0.619. The summed E-state index contributed by atoms with van der Waals surface area (Å²) in [4.78, 5) is 20.9. The van der Waals surface area contributed by atoms with Crippen molar-refractivity contribution in [2.45, 2.75) is 35.8 Å². The zero-order valence-electron chi connectivity index (χ0n) is 9.79. The van der Waals surface area contributed by atoms with Gasteiger partial charge in [-0.15, -0.1) is 11.8 Å². The molecule has 96 valence electrons. The van der Waals surface area contributed by atoms with Gasteiger partial charge in [0.05, 0.1) is 20.8 Å². The van der Waals surface area contributed by atoms with Gasteiger partial charge in [-0.25, -0.2) is 0 Å². The average Bonchev–Trinajstić information content (AvgIpc) is 2.26. The monoisotopic (exact) mass is 268 g/mol. The number of thioether (sulfide) groups is 1. The topological polar surface area (TPSA) is 86.3 Å². The van der Waals surface area contributed by atoms with Gasteiger partial charge in [-0.3, -0.25) is 20.2 Å². The minimum absolute atomic E-state index is 0.0287. The Hall–Kier alpha value is -1.63. The summed E-state index contributed by atoms with van der Waals surface area (Å²) in [5.41, 5.74) is -0.424. The molecule has 1 saturated carbocycles. The molecule has 0 radical (unpaired) electrons. The minimum Gasteiger partial charge on any atom is -0.258 e. The number of rotatable bonds is 4. The molecular formula is C11H12N2O4S. The van der Waals surface area contributed by atoms with Gasteiger partial charge in [0.25, 0.3) is 11.4 Å². The third-order valence-corrected chi connectivity index (χ3v) is 4.58. The number of nitro benzene ring substituents is 2. The van der Waals surface area contributed by atoms with E-state index in [-0.39, 0.29) is 16.1 Å². The summed E-state index contributed by atoms with van der Waals surface area (Å²) in [5, 5.41) is 21.6. The normalized spacial score (nSPS) is 16.9. The first-order chi connectivity index (χ1) is 8.41. The molecule has 1 aliphatic carbocycles. The van der Waals surface area contributed by atoms with Crippen molar-refractivity contribution in [3.05, 3.63) is 38.4 Å². The Balaban J connectivity index is 2.34. The quantitative estimate of drug-likeness (QED) is 0.615. The second kappa shape index (κ2) is 4.56. The number of non-ortho nitro benzene ring substituents is 1. The van der Waals surface area contributed by atoms with Gasteiger partial charge in [0.1, 0.15) is 0 Å². The van der Waals surface area contributed by atoms with Crippen LogP contribution >= 0.6 is 11.8 Å². The Bertz CT molecular complexity index is 514. The van der Waals surface area contributed by atoms with E-state index in [2.05, 4.69) is 6.92 Å². The van der Waals surface area contributed by atoms with Gasteiger partial charge in [-0.05, 0) is 18.9 Å². The highest BCUT2D eigenvalue weighted by atomic mass is 32.2. The van der Waals surface area contributed by atoms with Crippen LogP contribution in [0.5, 0.6) is 0 Å². The lowest BCUT2D eigenvalue weighted by atomic mass is 9.86. The van der Waals surface area contributed by atoms with Crippen LogP contribution in [0.25, 0.3) is 0 Å². The molecule has 0 heterocycles. The molecule has 7 heteroatoms. The molecule has 0 atom stereocenters. The Kier molecular flexibility index (Phi) is 3.25. The van der Waals surface area contributed by atoms with Crippen molar-refractivity contribution in [1.29, 1.82) is 0 Å². The molecule has 0 N–H and O–H groups in total. The average molecular weight is 268 g/mol. The van der Waals surface area contributed by atoms with E-state index in [1.54, 1.807) is 0 Å². The largest absolute Gasteiger partial charge is 0.289 e. The van der Waals surface area contributed by atoms with Crippen LogP contribution in [0, 0.1) is 20.2 Å². The van der Waals surface area contributed by atoms with Crippen molar-refractivity contribution >= 4 is 23.1 Å². The number of hydrogen-bond acceptors (Lipinski definition) is 5. The molecule has 0 amide bonds. The molecule has 1 aliphatic rings. The van der Waals surface area contributed by atoms with Crippen LogP contribution in [0.1, 0.15) is 26.2 Å². The Labute approximate surface area is 108 Å². The second-order valence-electron chi connectivity index (χ2n) is 4.57. The van der Waals surface area contributed by atoms with E-state index in [0.717, 1.165) is 25.3 Å². The molecule has 18 heavy (non-hydrogen) atoms. The maximum absolute atomic E-state index is 11.0. The van der Waals surface area contributed by atoms with Crippen molar-refractivity contribution in [2.24, 2.45) is 0 Å². The van der Waals surface area contributed by atoms with Gasteiger partial charge in [0.15, 0.2) is 0 Å². The van der Waals surface area contributed by atoms with E-state index in [0.29, 0.717) is 4.90 Å². The lowest BCUT2D eigenvalue weighted by molar-refractivity contribution is -0.396. The molecule has 0 unspecified atom stereocenters. The van der Waals surface area contributed by atoms with Crippen molar-refractivity contribution in [1.82, 2.24) is 0 Å². The fourth-order valence-electron chi connectivity index (χ4n) is 1.89. The molecule has 0 bridgehead atoms. The van der Waals surface area contributed by atoms with E-state index >= 15 is 0 Å². The maximum Gasteiger partial charge on any atom is 0.289 e. The Morgan fingerprint density at radius 1 is 1.22 bits per heavy atom. The zero-order valence-corrected chi connectivity index (χ0v) is 10.6. The Morgan fingerprint density at radius 2 is 1.89 bits per heavy atom. The molecule has 0 aliphatic heterocycles. The smallest absolute Gasteiger partial charge is 0.258 e. The first-order valence-corrected chi connectivity index (χ1v) is 6.35. The van der Waals surface area contributed by atoms with Crippen LogP contribution in [0.4, 0.5) is 11.4 Å². The molecule has 1 aromatic carbocycles. The van der Waals surface area contributed by atoms with E-state index in [1.165, 1.54) is 23.9 Å². The second-order valence-corrected chi connectivity index (χ2v) is 6.20. The maximum atomic E-state index is 11.0. The standard InChI is InChI=1S/C11H12N2O4S/c1-11(5-2-6-11)18-10-4-3-8(12(14)15)7-9(10)13(16)17/h3-4,7H,2,5-6H2,1H3. The summed E-state index contributed by atoms with van der Waals surface area (Å²) >= 11 is 1.44. The predicted octanol–water partition coefficient (Wildman–Crippen LogP) is 3.54. The van der Waals surface area contributed by atoms with Crippen molar-refractivity contribution in [2.75, 3.05) is 0 Å². The van der Waals surface area contributed by atoms with Crippen molar-refractivity contribution in [3.63, 3.8) is 0 Å². The molecule has 0 spiro atoms. The molecular weight excluding hydrogens is 256 g/mol. The van der Waals surface area contributed by atoms with Crippen LogP contribution in [-0.2, 0) is 0 Å². The van der Waals surface area contributed by atoms with Gasteiger partial charge < -0.3 is 0 Å². The lowest BCUT2D eigenvalue weighted by Crippen LogP contribution is -2.28. The van der Waals surface area contributed by atoms with Gasteiger partial charge in [0, 0.05) is 10.8 Å². The Morgan fingerprint density at radius 3 is 2.33 bits per heavy atom. The summed E-state index contributed by atoms with van der Waals surface area (Å²) in [7, 11) is 0. The third-order valence-electron chi connectivity index (χ3n) is 3.12. The summed E-state index contributed by atoms with van der Waals surface area (Å²) < 4.78 is 0.0287. The summed E-state index contributed by atoms with van der Waals surface area (Å²) in [6, 6.07) is 3.83. The van der Waals surface area contributed by atoms with Crippen LogP contribution in [0.15, 0.2) is 23.1 Å². The fraction of sp³-hybridized carbons (Fsp3) is 0.455. The van der Waals surface area contributed by atoms with E-state index in [9.17, 15) is 20.2 Å². The molecule has 1 fully saturated rings. The van der Waals surface area contributed by atoms with Crippen molar-refractivity contribution < 1.29 is 9.85 Å². The number of nitro groups is 2. The predicted molar refractivity (Wildman–Crippen MR) is 67.9 cm³/mol. The summed E-state index contributed by atoms with van der Waals surface area (Å²) in [6.07, 6.45) is 3.17. The van der Waals surface area contributed by atoms with Crippen LogP contribution in [-0.4, -0.2) is 14.6 Å². The SMILES string of the molecule is CC1(Sc2ccc([N+](=O)[O-])cc2[N+](=O)[O-])CCC1. The van der Waals surface area contributed by atoms with Crippen LogP contribution in [0.3, 0.4) is 0 Å². The van der Waals surface area contributed by atoms with Crippen LogP contribution in [0.2, 0.25) is 0 Å². The van der Waals surface area contributed by atoms with E-state index < -0.39 is 9.85 Å². The fourth-order valence-corrected chi connectivity index (χ4v) is 3.29. The van der Waals surface area contributed by atoms with Gasteiger partial charge in [-0.1, -0.05) is 13.3 Å². The number of nitrogens with zero attached hydrogens (tertiary/aromatic N) is 2. The molecule has 2 rings (SSSR count). The summed E-state index contributed by atoms with van der Waals surface area (Å²) in [5.74, 6) is 0. The van der Waals surface area contributed by atoms with Gasteiger partial charge in [-0.2, -0.15) is 0 Å².